The van der Waals surface area contributed by atoms with Crippen molar-refractivity contribution in [2.45, 2.75) is 39.8 Å². The van der Waals surface area contributed by atoms with Gasteiger partial charge in [-0.05, 0) is 38.9 Å². The normalized spacial score (nSPS) is 16.9. The van der Waals surface area contributed by atoms with Crippen molar-refractivity contribution in [2.24, 2.45) is 0 Å². The Bertz CT molecular complexity index is 382. The maximum absolute atomic E-state index is 4.37. The van der Waals surface area contributed by atoms with Gasteiger partial charge in [0.05, 0.1) is 5.69 Å². The van der Waals surface area contributed by atoms with Crippen LogP contribution in [-0.4, -0.2) is 53.9 Å². The van der Waals surface area contributed by atoms with E-state index in [1.165, 1.54) is 0 Å². The van der Waals surface area contributed by atoms with Crippen molar-refractivity contribution in [3.63, 3.8) is 0 Å². The van der Waals surface area contributed by atoms with E-state index >= 15 is 0 Å². The number of rotatable bonds is 6. The lowest BCUT2D eigenvalue weighted by molar-refractivity contribution is 0.209. The fourth-order valence-electron chi connectivity index (χ4n) is 2.48. The number of hydrogen-bond acceptors (Lipinski definition) is 5. The Morgan fingerprint density at radius 2 is 1.90 bits per heavy atom. The fourth-order valence-corrected chi connectivity index (χ4v) is 2.48. The summed E-state index contributed by atoms with van der Waals surface area (Å²) in [4.78, 5) is 4.84. The van der Waals surface area contributed by atoms with E-state index in [2.05, 4.69) is 58.2 Å². The first-order valence-corrected chi connectivity index (χ1v) is 7.73. The summed E-state index contributed by atoms with van der Waals surface area (Å²) in [7, 11) is 0. The van der Waals surface area contributed by atoms with E-state index in [0.717, 1.165) is 57.2 Å². The van der Waals surface area contributed by atoms with E-state index in [0.29, 0.717) is 6.04 Å². The van der Waals surface area contributed by atoms with Crippen molar-refractivity contribution in [1.82, 2.24) is 20.4 Å². The van der Waals surface area contributed by atoms with Crippen LogP contribution in [0.4, 0.5) is 5.82 Å². The van der Waals surface area contributed by atoms with E-state index in [4.69, 9.17) is 0 Å². The first-order chi connectivity index (χ1) is 9.70. The van der Waals surface area contributed by atoms with Gasteiger partial charge in [-0.15, -0.1) is 5.10 Å². The highest BCUT2D eigenvalue weighted by atomic mass is 15.3. The van der Waals surface area contributed by atoms with Crippen LogP contribution in [0, 0.1) is 0 Å². The molecule has 2 heterocycles. The average Bonchev–Trinajstić information content (AvgIpc) is 2.48. The lowest BCUT2D eigenvalue weighted by Gasteiger charge is -2.37. The Kier molecular flexibility index (Phi) is 5.73. The second-order valence-corrected chi connectivity index (χ2v) is 5.68. The number of aromatic nitrogens is 2. The van der Waals surface area contributed by atoms with Gasteiger partial charge in [0.1, 0.15) is 0 Å². The van der Waals surface area contributed by atoms with Gasteiger partial charge in [-0.1, -0.05) is 6.92 Å². The first kappa shape index (κ1) is 15.2. The molecule has 2 rings (SSSR count). The van der Waals surface area contributed by atoms with Gasteiger partial charge in [0.15, 0.2) is 5.82 Å². The Morgan fingerprint density at radius 3 is 2.45 bits per heavy atom. The quantitative estimate of drug-likeness (QED) is 0.799. The molecule has 0 saturated carbocycles. The second kappa shape index (κ2) is 7.55. The van der Waals surface area contributed by atoms with Gasteiger partial charge in [-0.2, -0.15) is 5.10 Å². The molecule has 20 heavy (non-hydrogen) atoms. The summed E-state index contributed by atoms with van der Waals surface area (Å²) in [5, 5.41) is 12.0. The Balaban J connectivity index is 1.84. The molecule has 5 heteroatoms. The monoisotopic (exact) mass is 277 g/mol. The molecule has 1 aromatic heterocycles. The second-order valence-electron chi connectivity index (χ2n) is 5.68. The topological polar surface area (TPSA) is 44.3 Å². The smallest absolute Gasteiger partial charge is 0.151 e. The zero-order valence-corrected chi connectivity index (χ0v) is 13.0. The zero-order chi connectivity index (χ0) is 14.4. The predicted molar refractivity (Wildman–Crippen MR) is 83.0 cm³/mol. The molecule has 1 aliphatic rings. The van der Waals surface area contributed by atoms with Crippen molar-refractivity contribution in [3.8, 4) is 0 Å². The van der Waals surface area contributed by atoms with Crippen molar-refractivity contribution in [3.05, 3.63) is 17.8 Å². The first-order valence-electron chi connectivity index (χ1n) is 7.73. The molecule has 0 radical (unpaired) electrons. The highest BCUT2D eigenvalue weighted by molar-refractivity contribution is 5.37. The third-order valence-electron chi connectivity index (χ3n) is 3.81. The third kappa shape index (κ3) is 4.15. The summed E-state index contributed by atoms with van der Waals surface area (Å²) >= 11 is 0. The fraction of sp³-hybridized carbons (Fsp3) is 0.733. The van der Waals surface area contributed by atoms with Crippen molar-refractivity contribution >= 4 is 5.82 Å². The minimum Gasteiger partial charge on any atom is -0.353 e. The van der Waals surface area contributed by atoms with Gasteiger partial charge >= 0.3 is 0 Å². The van der Waals surface area contributed by atoms with Crippen LogP contribution in [0.5, 0.6) is 0 Å². The van der Waals surface area contributed by atoms with Crippen LogP contribution in [0.25, 0.3) is 0 Å². The highest BCUT2D eigenvalue weighted by Gasteiger charge is 2.19. The molecule has 0 atom stereocenters. The molecular weight excluding hydrogens is 250 g/mol. The molecule has 0 bridgehead atoms. The molecule has 0 aliphatic carbocycles. The van der Waals surface area contributed by atoms with E-state index in [1.807, 2.05) is 0 Å². The zero-order valence-electron chi connectivity index (χ0n) is 13.0. The van der Waals surface area contributed by atoms with Crippen LogP contribution < -0.4 is 10.2 Å². The van der Waals surface area contributed by atoms with Crippen LogP contribution in [0.2, 0.25) is 0 Å². The molecule has 1 saturated heterocycles. The Morgan fingerprint density at radius 1 is 1.15 bits per heavy atom. The molecule has 1 aliphatic heterocycles. The molecule has 0 amide bonds. The molecule has 1 aromatic rings. The molecule has 112 valence electrons. The molecule has 0 aromatic carbocycles. The largest absolute Gasteiger partial charge is 0.353 e. The van der Waals surface area contributed by atoms with Crippen LogP contribution in [0.1, 0.15) is 32.9 Å². The molecule has 1 fully saturated rings. The summed E-state index contributed by atoms with van der Waals surface area (Å²) in [6.45, 7) is 12.8. The van der Waals surface area contributed by atoms with E-state index in [9.17, 15) is 0 Å². The van der Waals surface area contributed by atoms with Gasteiger partial charge in [0.25, 0.3) is 0 Å². The van der Waals surface area contributed by atoms with E-state index in [-0.39, 0.29) is 0 Å². The molecule has 1 N–H and O–H groups in total. The van der Waals surface area contributed by atoms with Crippen molar-refractivity contribution in [2.75, 3.05) is 37.6 Å². The van der Waals surface area contributed by atoms with E-state index < -0.39 is 0 Å². The van der Waals surface area contributed by atoms with Crippen LogP contribution >= 0.6 is 0 Å². The molecule has 0 spiro atoms. The number of anilines is 1. The number of piperazine rings is 1. The molecular formula is C15H27N5. The summed E-state index contributed by atoms with van der Waals surface area (Å²) in [5.41, 5.74) is 1.02. The van der Waals surface area contributed by atoms with Gasteiger partial charge in [-0.3, -0.25) is 4.90 Å². The lowest BCUT2D eigenvalue weighted by Crippen LogP contribution is -2.49. The van der Waals surface area contributed by atoms with Crippen LogP contribution in [0.15, 0.2) is 12.1 Å². The Hall–Kier alpha value is -1.20. The third-order valence-corrected chi connectivity index (χ3v) is 3.81. The maximum Gasteiger partial charge on any atom is 0.151 e. The SMILES string of the molecule is CCCNCc1ccc(N2CCN(C(C)C)CC2)nn1. The molecule has 0 unspecified atom stereocenters. The summed E-state index contributed by atoms with van der Waals surface area (Å²) in [6.07, 6.45) is 1.14. The van der Waals surface area contributed by atoms with Crippen molar-refractivity contribution in [1.29, 1.82) is 0 Å². The predicted octanol–water partition coefficient (Wildman–Crippen LogP) is 1.51. The summed E-state index contributed by atoms with van der Waals surface area (Å²) < 4.78 is 0. The van der Waals surface area contributed by atoms with Gasteiger partial charge in [-0.25, -0.2) is 0 Å². The minimum atomic E-state index is 0.634. The highest BCUT2D eigenvalue weighted by Crippen LogP contribution is 2.14. The van der Waals surface area contributed by atoms with Gasteiger partial charge < -0.3 is 10.2 Å². The van der Waals surface area contributed by atoms with Gasteiger partial charge in [0, 0.05) is 38.8 Å². The van der Waals surface area contributed by atoms with Gasteiger partial charge in [0.2, 0.25) is 0 Å². The summed E-state index contributed by atoms with van der Waals surface area (Å²) in [6, 6.07) is 4.82. The van der Waals surface area contributed by atoms with Crippen LogP contribution in [0.3, 0.4) is 0 Å². The maximum atomic E-state index is 4.37. The lowest BCUT2D eigenvalue weighted by atomic mass is 10.2. The van der Waals surface area contributed by atoms with E-state index in [1.54, 1.807) is 0 Å². The number of nitrogens with one attached hydrogen (secondary N) is 1. The minimum absolute atomic E-state index is 0.634. The van der Waals surface area contributed by atoms with Crippen LogP contribution in [-0.2, 0) is 6.54 Å². The number of nitrogens with zero attached hydrogens (tertiary/aromatic N) is 4. The average molecular weight is 277 g/mol. The molecule has 5 nitrogen and oxygen atoms in total. The summed E-state index contributed by atoms with van der Waals surface area (Å²) in [5.74, 6) is 1.01. The Labute approximate surface area is 122 Å². The van der Waals surface area contributed by atoms with Crippen molar-refractivity contribution < 1.29 is 0 Å². The standard InChI is InChI=1S/C15H27N5/c1-4-7-16-12-14-5-6-15(18-17-14)20-10-8-19(9-11-20)13(2)3/h5-6,13,16H,4,7-12H2,1-3H3. The number of hydrogen-bond donors (Lipinski definition) is 1.